The van der Waals surface area contributed by atoms with Gasteiger partial charge in [0.1, 0.15) is 5.75 Å². The summed E-state index contributed by atoms with van der Waals surface area (Å²) < 4.78 is 7.61. The third-order valence-electron chi connectivity index (χ3n) is 13.6. The van der Waals surface area contributed by atoms with Gasteiger partial charge in [-0.2, -0.15) is 11.8 Å². The predicted molar refractivity (Wildman–Crippen MR) is 287 cm³/mol. The van der Waals surface area contributed by atoms with Crippen molar-refractivity contribution >= 4 is 80.9 Å². The number of methoxy groups -OCH3 is 1. The molecule has 380 valence electrons. The highest BCUT2D eigenvalue weighted by Crippen LogP contribution is 2.34. The Hall–Kier alpha value is -5.98. The summed E-state index contributed by atoms with van der Waals surface area (Å²) in [5.41, 5.74) is 6.22. The Bertz CT molecular complexity index is 2650. The van der Waals surface area contributed by atoms with Crippen LogP contribution in [-0.4, -0.2) is 141 Å². The first-order valence-electron chi connectivity index (χ1n) is 24.8. The van der Waals surface area contributed by atoms with Gasteiger partial charge in [-0.25, -0.2) is 9.78 Å². The van der Waals surface area contributed by atoms with Crippen molar-refractivity contribution in [3.63, 3.8) is 0 Å². The van der Waals surface area contributed by atoms with Crippen LogP contribution in [0, 0.1) is 6.92 Å². The molecule has 4 aromatic rings. The van der Waals surface area contributed by atoms with Crippen molar-refractivity contribution in [2.45, 2.75) is 82.2 Å². The number of thioether (sulfide) groups is 1. The van der Waals surface area contributed by atoms with Crippen molar-refractivity contribution in [1.29, 1.82) is 0 Å². The Kier molecular flexibility index (Phi) is 18.3. The lowest BCUT2D eigenvalue weighted by molar-refractivity contribution is -0.136. The quantitative estimate of drug-likeness (QED) is 0.0248. The Balaban J connectivity index is 0.704. The lowest BCUT2D eigenvalue weighted by atomic mass is 9.96. The zero-order chi connectivity index (χ0) is 50.6. The second-order valence-electron chi connectivity index (χ2n) is 18.5. The van der Waals surface area contributed by atoms with E-state index in [2.05, 4.69) is 20.9 Å². The molecule has 4 aliphatic rings. The van der Waals surface area contributed by atoms with Crippen molar-refractivity contribution in [3.8, 4) is 11.4 Å². The number of benzene rings is 3. The molecule has 4 aliphatic heterocycles. The Morgan fingerprint density at radius 2 is 1.61 bits per heavy atom. The first-order valence-corrected chi connectivity index (χ1v) is 28.4. The largest absolute Gasteiger partial charge is 0.495 e. The second-order valence-corrected chi connectivity index (χ2v) is 22.5. The summed E-state index contributed by atoms with van der Waals surface area (Å²) in [5, 5.41) is 9.38. The first kappa shape index (κ1) is 52.3. The molecule has 4 fully saturated rings. The predicted octanol–water partition coefficient (Wildman–Crippen LogP) is 7.48. The minimum atomic E-state index is -0.188. The molecule has 0 bridgehead atoms. The van der Waals surface area contributed by atoms with Crippen molar-refractivity contribution in [1.82, 2.24) is 40.2 Å². The molecule has 4 atom stereocenters. The standard InChI is InChI=1S/C54H64N8O7S3/c1-36-33-61(35-56-36)45-20-12-39(32-46(45)69-3)31-43-7-6-24-62(53(43)67)37(2)40-16-18-42(19-17-40)52(66)41-14-10-38(11-15-41)13-21-49(64)59-25-27-60(28-26-59)50(65)22-29-71-72-30-23-55-48(63)9-5-4-8-47-51-44(34-70-47)57-54(68)58-51/h10-21,31-33,35,37,44,47,51H,4-9,22-30,34H2,1-3H3,(H,55,63)(H2,57,58,68)/b21-13+,43-31+/t37?,44-,47-,51-/m0/s1. The van der Waals surface area contributed by atoms with Crippen LogP contribution in [0.25, 0.3) is 17.8 Å². The number of piperazine rings is 1. The number of aromatic nitrogens is 2. The number of nitrogens with one attached hydrogen (secondary N) is 3. The number of rotatable bonds is 21. The Morgan fingerprint density at radius 3 is 2.35 bits per heavy atom. The molecule has 0 spiro atoms. The van der Waals surface area contributed by atoms with Gasteiger partial charge in [-0.15, -0.1) is 0 Å². The maximum absolute atomic E-state index is 13.8. The number of amides is 6. The molecule has 0 radical (unpaired) electrons. The molecule has 1 aromatic heterocycles. The summed E-state index contributed by atoms with van der Waals surface area (Å²) in [5.74, 6) is 2.97. The third-order valence-corrected chi connectivity index (χ3v) is 17.6. The molecule has 8 rings (SSSR count). The van der Waals surface area contributed by atoms with E-state index >= 15 is 0 Å². The third kappa shape index (κ3) is 13.5. The zero-order valence-electron chi connectivity index (χ0n) is 41.2. The number of hydrogen-bond acceptors (Lipinski definition) is 11. The van der Waals surface area contributed by atoms with E-state index in [0.29, 0.717) is 86.4 Å². The lowest BCUT2D eigenvalue weighted by Crippen LogP contribution is -2.50. The van der Waals surface area contributed by atoms with Crippen LogP contribution in [-0.2, 0) is 19.2 Å². The van der Waals surface area contributed by atoms with Crippen LogP contribution in [0.5, 0.6) is 5.75 Å². The fraction of sp³-hybridized carbons (Fsp3) is 0.426. The van der Waals surface area contributed by atoms with E-state index in [1.54, 1.807) is 58.1 Å². The van der Waals surface area contributed by atoms with Gasteiger partial charge in [-0.05, 0) is 80.5 Å². The van der Waals surface area contributed by atoms with Gasteiger partial charge in [-0.1, -0.05) is 82.6 Å². The van der Waals surface area contributed by atoms with Gasteiger partial charge in [0, 0.05) is 104 Å². The van der Waals surface area contributed by atoms with E-state index in [0.717, 1.165) is 70.8 Å². The normalized spacial score (nSPS) is 19.8. The molecule has 72 heavy (non-hydrogen) atoms. The number of piperidine rings is 1. The van der Waals surface area contributed by atoms with Crippen molar-refractivity contribution in [2.75, 3.05) is 63.6 Å². The molecule has 3 N–H and O–H groups in total. The zero-order valence-corrected chi connectivity index (χ0v) is 43.6. The fourth-order valence-corrected chi connectivity index (χ4v) is 13.0. The van der Waals surface area contributed by atoms with Crippen molar-refractivity contribution in [3.05, 3.63) is 124 Å². The highest BCUT2D eigenvalue weighted by Gasteiger charge is 2.42. The summed E-state index contributed by atoms with van der Waals surface area (Å²) in [6.07, 6.45) is 14.2. The number of urea groups is 1. The average molecular weight is 1030 g/mol. The maximum Gasteiger partial charge on any atom is 0.315 e. The number of fused-ring (bicyclic) bond motifs is 1. The van der Waals surface area contributed by atoms with Crippen molar-refractivity contribution in [2.24, 2.45) is 0 Å². The summed E-state index contributed by atoms with van der Waals surface area (Å²) in [4.78, 5) is 86.9. The molecule has 18 heteroatoms. The minimum absolute atomic E-state index is 0.00180. The van der Waals surface area contributed by atoms with E-state index in [9.17, 15) is 28.8 Å². The number of hydrogen-bond donors (Lipinski definition) is 3. The van der Waals surface area contributed by atoms with Crippen LogP contribution in [0.2, 0.25) is 0 Å². The number of unbranched alkanes of at least 4 members (excludes halogenated alkanes) is 1. The number of likely N-dealkylation sites (tertiary alicyclic amines) is 1. The van der Waals surface area contributed by atoms with E-state index in [-0.39, 0.29) is 53.6 Å². The van der Waals surface area contributed by atoms with Gasteiger partial charge in [-0.3, -0.25) is 24.0 Å². The maximum atomic E-state index is 13.8. The fourth-order valence-electron chi connectivity index (χ4n) is 9.54. The minimum Gasteiger partial charge on any atom is -0.495 e. The lowest BCUT2D eigenvalue weighted by Gasteiger charge is -2.34. The molecule has 0 saturated carbocycles. The van der Waals surface area contributed by atoms with E-state index < -0.39 is 0 Å². The van der Waals surface area contributed by atoms with Crippen LogP contribution in [0.3, 0.4) is 0 Å². The van der Waals surface area contributed by atoms with E-state index in [1.165, 1.54) is 6.08 Å². The molecular formula is C54H64N8O7S3. The van der Waals surface area contributed by atoms with E-state index in [4.69, 9.17) is 4.74 Å². The number of nitrogens with zero attached hydrogens (tertiary/aromatic N) is 5. The summed E-state index contributed by atoms with van der Waals surface area (Å²) >= 11 is 1.90. The van der Waals surface area contributed by atoms with Crippen LogP contribution in [0.4, 0.5) is 4.79 Å². The van der Waals surface area contributed by atoms with Crippen LogP contribution in [0.1, 0.15) is 96.2 Å². The first-order chi connectivity index (χ1) is 34.9. The van der Waals surface area contributed by atoms with Crippen LogP contribution in [0.15, 0.2) is 90.9 Å². The SMILES string of the molecule is COc1cc(/C=C2\CCCN(C(C)c3ccc(C(=O)c4ccc(/C=C/C(=O)N5CCN(C(=O)CCSSCCNC(=O)CCCC[C@@H]6SC[C@@H]7NC(=O)N[C@@H]76)CC5)cc4)cc3)C2=O)ccc1-n1cnc(C)c1. The summed E-state index contributed by atoms with van der Waals surface area (Å²) in [6.45, 7) is 7.09. The Morgan fingerprint density at radius 1 is 0.889 bits per heavy atom. The Labute approximate surface area is 434 Å². The average Bonchev–Trinajstić information content (AvgIpc) is 4.12. The monoisotopic (exact) mass is 1030 g/mol. The smallest absolute Gasteiger partial charge is 0.315 e. The van der Waals surface area contributed by atoms with Gasteiger partial charge in [0.05, 0.1) is 42.9 Å². The van der Waals surface area contributed by atoms with Crippen molar-refractivity contribution < 1.29 is 33.5 Å². The number of ether oxygens (including phenoxy) is 1. The molecule has 4 saturated heterocycles. The molecule has 5 heterocycles. The molecule has 15 nitrogen and oxygen atoms in total. The molecule has 6 amide bonds. The van der Waals surface area contributed by atoms with Gasteiger partial charge >= 0.3 is 6.03 Å². The van der Waals surface area contributed by atoms with E-state index in [1.807, 2.05) is 107 Å². The number of imidazole rings is 1. The van der Waals surface area contributed by atoms with Gasteiger partial charge in [0.15, 0.2) is 5.78 Å². The highest BCUT2D eigenvalue weighted by atomic mass is 33.1. The van der Waals surface area contributed by atoms with Gasteiger partial charge in [0.2, 0.25) is 23.6 Å². The second kappa shape index (κ2) is 25.1. The van der Waals surface area contributed by atoms with Gasteiger partial charge in [0.25, 0.3) is 0 Å². The molecular weight excluding hydrogens is 969 g/mol. The number of ketones is 1. The number of aryl methyl sites for hydroxylation is 1. The number of carbonyl (C=O) groups is 6. The molecule has 1 unspecified atom stereocenters. The number of carbonyl (C=O) groups excluding carboxylic acids is 6. The summed E-state index contributed by atoms with van der Waals surface area (Å²) in [7, 11) is 4.91. The highest BCUT2D eigenvalue weighted by molar-refractivity contribution is 8.76. The van der Waals surface area contributed by atoms with Crippen LogP contribution < -0.4 is 20.7 Å². The van der Waals surface area contributed by atoms with Crippen LogP contribution >= 0.6 is 33.3 Å². The summed E-state index contributed by atoms with van der Waals surface area (Å²) in [6, 6.07) is 20.7. The molecule has 0 aliphatic carbocycles. The topological polar surface area (TPSA) is 175 Å². The van der Waals surface area contributed by atoms with Gasteiger partial charge < -0.3 is 40.0 Å². The molecule has 3 aromatic carbocycles.